The van der Waals surface area contributed by atoms with Crippen molar-refractivity contribution in [1.82, 2.24) is 4.98 Å². The summed E-state index contributed by atoms with van der Waals surface area (Å²) in [5.74, 6) is -4.85. The average Bonchev–Trinajstić information content (AvgIpc) is 3.17. The number of benzene rings is 2. The summed E-state index contributed by atoms with van der Waals surface area (Å²) in [6.07, 6.45) is -4.98. The molecule has 160 valence electrons. The van der Waals surface area contributed by atoms with E-state index in [2.05, 4.69) is 4.98 Å². The highest BCUT2D eigenvalue weighted by atomic mass is 32.1. The zero-order valence-electron chi connectivity index (χ0n) is 15.5. The van der Waals surface area contributed by atoms with Gasteiger partial charge in [0.15, 0.2) is 0 Å². The van der Waals surface area contributed by atoms with Gasteiger partial charge in [-0.15, -0.1) is 11.3 Å². The lowest BCUT2D eigenvalue weighted by Gasteiger charge is -2.34. The molecule has 0 radical (unpaired) electrons. The van der Waals surface area contributed by atoms with Gasteiger partial charge in [0.1, 0.15) is 28.8 Å². The van der Waals surface area contributed by atoms with Gasteiger partial charge in [-0.3, -0.25) is 0 Å². The monoisotopic (exact) mass is 444 g/mol. The summed E-state index contributed by atoms with van der Waals surface area (Å²) in [6.45, 7) is 1.04. The Balaban J connectivity index is 1.45. The van der Waals surface area contributed by atoms with Crippen LogP contribution in [0.15, 0.2) is 41.9 Å². The number of anilines is 1. The van der Waals surface area contributed by atoms with E-state index in [-0.39, 0.29) is 17.6 Å². The molecule has 10 heteroatoms. The molecule has 1 aliphatic heterocycles. The highest BCUT2D eigenvalue weighted by Crippen LogP contribution is 2.44. The maximum Gasteiger partial charge on any atom is 0.458 e. The van der Waals surface area contributed by atoms with Crippen molar-refractivity contribution in [2.24, 2.45) is 0 Å². The molecule has 0 spiro atoms. The normalized spacial score (nSPS) is 16.2. The largest absolute Gasteiger partial charge is 0.506 e. The lowest BCUT2D eigenvalue weighted by molar-refractivity contribution is -0.289. The number of thiazole rings is 1. The summed E-state index contributed by atoms with van der Waals surface area (Å²) in [7, 11) is 0. The van der Waals surface area contributed by atoms with Crippen LogP contribution in [-0.4, -0.2) is 35.5 Å². The molecule has 0 atom stereocenters. The van der Waals surface area contributed by atoms with Crippen LogP contribution in [0.3, 0.4) is 0 Å². The molecule has 0 saturated carbocycles. The SMILES string of the molecule is Oc1ccc2scnc2c1N1CCC(Oc2cccc(C(F)(F)C(F)(F)F)c2)CC1. The van der Waals surface area contributed by atoms with Crippen molar-refractivity contribution in [3.05, 3.63) is 47.5 Å². The second-order valence-electron chi connectivity index (χ2n) is 7.04. The van der Waals surface area contributed by atoms with Crippen LogP contribution in [0.1, 0.15) is 18.4 Å². The fraction of sp³-hybridized carbons (Fsp3) is 0.350. The van der Waals surface area contributed by atoms with Crippen LogP contribution in [0.25, 0.3) is 10.2 Å². The molecule has 0 amide bonds. The number of halogens is 5. The van der Waals surface area contributed by atoms with E-state index in [0.717, 1.165) is 22.9 Å². The minimum atomic E-state index is -5.67. The second-order valence-corrected chi connectivity index (χ2v) is 7.92. The van der Waals surface area contributed by atoms with Gasteiger partial charge >= 0.3 is 12.1 Å². The molecule has 1 N–H and O–H groups in total. The number of phenols is 1. The van der Waals surface area contributed by atoms with E-state index in [0.29, 0.717) is 37.1 Å². The third-order valence-corrected chi connectivity index (χ3v) is 5.86. The van der Waals surface area contributed by atoms with E-state index >= 15 is 0 Å². The van der Waals surface area contributed by atoms with Gasteiger partial charge in [-0.1, -0.05) is 12.1 Å². The van der Waals surface area contributed by atoms with Crippen molar-refractivity contribution in [3.8, 4) is 11.5 Å². The Labute approximate surface area is 172 Å². The third kappa shape index (κ3) is 3.76. The Morgan fingerprint density at radius 3 is 2.50 bits per heavy atom. The van der Waals surface area contributed by atoms with Crippen LogP contribution in [0.5, 0.6) is 11.5 Å². The second kappa shape index (κ2) is 7.57. The molecule has 2 heterocycles. The fourth-order valence-electron chi connectivity index (χ4n) is 3.54. The number of ether oxygens (including phenoxy) is 1. The maximum absolute atomic E-state index is 13.6. The molecule has 3 aromatic rings. The van der Waals surface area contributed by atoms with Crippen LogP contribution < -0.4 is 9.64 Å². The van der Waals surface area contributed by atoms with E-state index in [1.165, 1.54) is 17.4 Å². The molecule has 30 heavy (non-hydrogen) atoms. The summed E-state index contributed by atoms with van der Waals surface area (Å²) in [5.41, 5.74) is 1.90. The molecule has 1 aliphatic rings. The zero-order valence-corrected chi connectivity index (χ0v) is 16.3. The highest BCUT2D eigenvalue weighted by molar-refractivity contribution is 7.16. The quantitative estimate of drug-likeness (QED) is 0.524. The predicted molar refractivity (Wildman–Crippen MR) is 104 cm³/mol. The van der Waals surface area contributed by atoms with Gasteiger partial charge in [0.05, 0.1) is 10.2 Å². The van der Waals surface area contributed by atoms with Crippen molar-refractivity contribution < 1.29 is 31.8 Å². The van der Waals surface area contributed by atoms with Crippen molar-refractivity contribution >= 4 is 27.2 Å². The Kier molecular flexibility index (Phi) is 5.21. The molecule has 4 rings (SSSR count). The van der Waals surface area contributed by atoms with Gasteiger partial charge in [0, 0.05) is 31.5 Å². The summed E-state index contributed by atoms with van der Waals surface area (Å²) >= 11 is 1.47. The Hall–Kier alpha value is -2.62. The fourth-order valence-corrected chi connectivity index (χ4v) is 4.22. The number of nitrogens with zero attached hydrogens (tertiary/aromatic N) is 2. The molecule has 1 saturated heterocycles. The number of hydrogen-bond acceptors (Lipinski definition) is 5. The molecule has 4 nitrogen and oxygen atoms in total. The van der Waals surface area contributed by atoms with Crippen molar-refractivity contribution in [3.63, 3.8) is 0 Å². The van der Waals surface area contributed by atoms with Gasteiger partial charge in [0.25, 0.3) is 0 Å². The minimum Gasteiger partial charge on any atom is -0.506 e. The summed E-state index contributed by atoms with van der Waals surface area (Å²) in [5, 5.41) is 10.3. The number of fused-ring (bicyclic) bond motifs is 1. The number of alkyl halides is 5. The van der Waals surface area contributed by atoms with E-state index in [9.17, 15) is 27.1 Å². The first-order valence-electron chi connectivity index (χ1n) is 9.18. The molecule has 0 aliphatic carbocycles. The number of piperidine rings is 1. The lowest BCUT2D eigenvalue weighted by Crippen LogP contribution is -2.38. The minimum absolute atomic E-state index is 0.0284. The van der Waals surface area contributed by atoms with E-state index in [1.807, 2.05) is 4.90 Å². The van der Waals surface area contributed by atoms with E-state index in [1.54, 1.807) is 17.6 Å². The van der Waals surface area contributed by atoms with Crippen molar-refractivity contribution in [2.75, 3.05) is 18.0 Å². The van der Waals surface area contributed by atoms with Gasteiger partial charge in [-0.2, -0.15) is 22.0 Å². The van der Waals surface area contributed by atoms with E-state index in [4.69, 9.17) is 4.74 Å². The van der Waals surface area contributed by atoms with Crippen LogP contribution in [0.2, 0.25) is 0 Å². The van der Waals surface area contributed by atoms with Gasteiger partial charge in [-0.05, 0) is 24.3 Å². The lowest BCUT2D eigenvalue weighted by atomic mass is 10.1. The topological polar surface area (TPSA) is 45.6 Å². The Bertz CT molecular complexity index is 1050. The van der Waals surface area contributed by atoms with E-state index < -0.39 is 17.7 Å². The first-order chi connectivity index (χ1) is 14.2. The van der Waals surface area contributed by atoms with Crippen LogP contribution >= 0.6 is 11.3 Å². The van der Waals surface area contributed by atoms with Crippen molar-refractivity contribution in [2.45, 2.75) is 31.0 Å². The number of aromatic hydroxyl groups is 1. The molecule has 0 unspecified atom stereocenters. The summed E-state index contributed by atoms with van der Waals surface area (Å²) in [6, 6.07) is 7.38. The number of aromatic nitrogens is 1. The number of rotatable bonds is 4. The molecule has 1 aromatic heterocycles. The average molecular weight is 444 g/mol. The molecular weight excluding hydrogens is 427 g/mol. The number of phenolic OH excluding ortho intramolecular Hbond substituents is 1. The van der Waals surface area contributed by atoms with Gasteiger partial charge < -0.3 is 14.7 Å². The first kappa shape index (κ1) is 20.6. The predicted octanol–water partition coefficient (Wildman–Crippen LogP) is 5.70. The van der Waals surface area contributed by atoms with Crippen LogP contribution in [0.4, 0.5) is 27.6 Å². The van der Waals surface area contributed by atoms with Crippen molar-refractivity contribution in [1.29, 1.82) is 0 Å². The molecule has 1 fully saturated rings. The Morgan fingerprint density at radius 2 is 1.80 bits per heavy atom. The number of hydrogen-bond donors (Lipinski definition) is 1. The zero-order chi connectivity index (χ0) is 21.5. The Morgan fingerprint density at radius 1 is 1.07 bits per heavy atom. The standard InChI is InChI=1S/C20H17F5N2O2S/c21-19(22,20(23,24)25)12-2-1-3-14(10-12)29-13-6-8-27(9-7-13)18-15(28)4-5-16-17(18)26-11-30-16/h1-5,10-11,13,28H,6-9H2. The molecular formula is C20H17F5N2O2S. The third-order valence-electron chi connectivity index (χ3n) is 5.07. The summed E-state index contributed by atoms with van der Waals surface area (Å²) in [4.78, 5) is 6.29. The molecule has 2 aromatic carbocycles. The smallest absolute Gasteiger partial charge is 0.458 e. The van der Waals surface area contributed by atoms with Gasteiger partial charge in [0.2, 0.25) is 0 Å². The first-order valence-corrected chi connectivity index (χ1v) is 10.1. The maximum atomic E-state index is 13.6. The highest BCUT2D eigenvalue weighted by Gasteiger charge is 2.58. The van der Waals surface area contributed by atoms with Crippen LogP contribution in [0, 0.1) is 0 Å². The van der Waals surface area contributed by atoms with Gasteiger partial charge in [-0.25, -0.2) is 4.98 Å². The summed E-state index contributed by atoms with van der Waals surface area (Å²) < 4.78 is 71.6. The van der Waals surface area contributed by atoms with Crippen LogP contribution in [-0.2, 0) is 5.92 Å². The molecule has 0 bridgehead atoms.